The molecule has 3 heterocycles. The summed E-state index contributed by atoms with van der Waals surface area (Å²) >= 11 is 5.99. The van der Waals surface area contributed by atoms with Crippen LogP contribution in [-0.2, 0) is 19.1 Å². The fourth-order valence-corrected chi connectivity index (χ4v) is 6.43. The van der Waals surface area contributed by atoms with Crippen molar-refractivity contribution in [3.63, 3.8) is 0 Å². The maximum absolute atomic E-state index is 13.8. The fourth-order valence-electron chi connectivity index (χ4n) is 6.30. The summed E-state index contributed by atoms with van der Waals surface area (Å²) in [5.74, 6) is -1.99. The van der Waals surface area contributed by atoms with Crippen molar-refractivity contribution in [2.75, 3.05) is 25.5 Å². The Kier molecular flexibility index (Phi) is 7.22. The van der Waals surface area contributed by atoms with Gasteiger partial charge in [0.05, 0.1) is 17.4 Å². The molecule has 3 fully saturated rings. The van der Waals surface area contributed by atoms with Crippen molar-refractivity contribution < 1.29 is 24.2 Å². The summed E-state index contributed by atoms with van der Waals surface area (Å²) in [6.07, 6.45) is 4.91. The Morgan fingerprint density at radius 1 is 1.15 bits per heavy atom. The summed E-state index contributed by atoms with van der Waals surface area (Å²) in [4.78, 5) is 42.2. The van der Waals surface area contributed by atoms with Crippen LogP contribution in [0.15, 0.2) is 24.3 Å². The maximum Gasteiger partial charge on any atom is 0.250 e. The molecule has 3 aliphatic rings. The molecule has 0 saturated carbocycles. The number of amides is 3. The van der Waals surface area contributed by atoms with Crippen LogP contribution < -0.4 is 10.6 Å². The summed E-state index contributed by atoms with van der Waals surface area (Å²) in [6, 6.07) is 6.02. The molecule has 34 heavy (non-hydrogen) atoms. The molecule has 3 saturated heterocycles. The van der Waals surface area contributed by atoms with Crippen molar-refractivity contribution >= 4 is 35.0 Å². The molecular weight excluding hydrogens is 458 g/mol. The van der Waals surface area contributed by atoms with Crippen LogP contribution in [-0.4, -0.2) is 65.2 Å². The number of hydrogen-bond donors (Lipinski definition) is 3. The Morgan fingerprint density at radius 2 is 1.85 bits per heavy atom. The fraction of sp³-hybridized carbons (Fsp3) is 0.640. The van der Waals surface area contributed by atoms with E-state index >= 15 is 0 Å². The number of ether oxygens (including phenoxy) is 1. The normalized spacial score (nSPS) is 31.6. The number of anilines is 1. The molecule has 2 bridgehead atoms. The molecule has 186 valence electrons. The smallest absolute Gasteiger partial charge is 0.250 e. The van der Waals surface area contributed by atoms with Gasteiger partial charge in [-0.25, -0.2) is 0 Å². The lowest BCUT2D eigenvalue weighted by molar-refractivity contribution is -0.145. The second-order valence-corrected chi connectivity index (χ2v) is 10.0. The highest BCUT2D eigenvalue weighted by Crippen LogP contribution is 2.64. The number of carbonyl (C=O) groups excluding carboxylic acids is 3. The molecule has 2 unspecified atom stereocenters. The average Bonchev–Trinajstić information content (AvgIpc) is 3.43. The first kappa shape index (κ1) is 24.9. The number of unbranched alkanes of at least 4 members (excludes halogenated alkanes) is 3. The lowest BCUT2D eigenvalue weighted by Crippen LogP contribution is -2.53. The number of aliphatic hydroxyl groups excluding tert-OH is 1. The number of fused-ring (bicyclic) bond motifs is 1. The third kappa shape index (κ3) is 3.99. The molecule has 1 aromatic carbocycles. The van der Waals surface area contributed by atoms with Gasteiger partial charge >= 0.3 is 0 Å². The number of aliphatic hydroxyl groups is 1. The van der Waals surface area contributed by atoms with Crippen LogP contribution in [0, 0.1) is 11.8 Å². The highest BCUT2D eigenvalue weighted by molar-refractivity contribution is 6.30. The topological polar surface area (TPSA) is 108 Å². The van der Waals surface area contributed by atoms with Gasteiger partial charge in [-0.2, -0.15) is 0 Å². The third-order valence-corrected chi connectivity index (χ3v) is 8.13. The highest BCUT2D eigenvalue weighted by Gasteiger charge is 2.78. The first-order chi connectivity index (χ1) is 16.3. The third-order valence-electron chi connectivity index (χ3n) is 7.88. The number of nitrogens with one attached hydrogen (secondary N) is 2. The molecule has 3 aliphatic heterocycles. The minimum absolute atomic E-state index is 0.140. The van der Waals surface area contributed by atoms with E-state index in [-0.39, 0.29) is 24.3 Å². The molecule has 3 N–H and O–H groups in total. The minimum Gasteiger partial charge on any atom is -0.396 e. The van der Waals surface area contributed by atoms with Crippen molar-refractivity contribution in [1.82, 2.24) is 10.2 Å². The number of nitrogens with zero attached hydrogens (tertiary/aromatic N) is 1. The van der Waals surface area contributed by atoms with E-state index in [9.17, 15) is 14.4 Å². The first-order valence-corrected chi connectivity index (χ1v) is 12.6. The van der Waals surface area contributed by atoms with Crippen LogP contribution in [0.1, 0.15) is 51.9 Å². The van der Waals surface area contributed by atoms with E-state index in [1.54, 1.807) is 36.2 Å². The van der Waals surface area contributed by atoms with E-state index in [1.807, 2.05) is 6.92 Å². The van der Waals surface area contributed by atoms with E-state index in [2.05, 4.69) is 10.6 Å². The second-order valence-electron chi connectivity index (χ2n) is 9.61. The lowest BCUT2D eigenvalue weighted by atomic mass is 9.65. The van der Waals surface area contributed by atoms with Crippen molar-refractivity contribution in [1.29, 1.82) is 0 Å². The molecule has 3 amide bonds. The summed E-state index contributed by atoms with van der Waals surface area (Å²) in [5, 5.41) is 15.3. The molecule has 1 spiro atoms. The predicted molar refractivity (Wildman–Crippen MR) is 128 cm³/mol. The second kappa shape index (κ2) is 9.84. The van der Waals surface area contributed by atoms with Crippen LogP contribution in [0.2, 0.25) is 5.02 Å². The molecular formula is C25H34ClN3O5. The van der Waals surface area contributed by atoms with Gasteiger partial charge in [-0.3, -0.25) is 14.4 Å². The SMILES string of the molecule is CC[C@]12CCC3(O1)C(C(=O)Nc1ccc(Cl)cc1)N(CCCCCCO)C(=O)[C@@H]3[C@H]2C(=O)NC. The minimum atomic E-state index is -1.02. The summed E-state index contributed by atoms with van der Waals surface area (Å²) in [7, 11) is 1.58. The van der Waals surface area contributed by atoms with Crippen molar-refractivity contribution in [3.05, 3.63) is 29.3 Å². The van der Waals surface area contributed by atoms with Crippen molar-refractivity contribution in [2.24, 2.45) is 11.8 Å². The van der Waals surface area contributed by atoms with Crippen LogP contribution in [0.25, 0.3) is 0 Å². The van der Waals surface area contributed by atoms with Crippen LogP contribution in [0.3, 0.4) is 0 Å². The molecule has 4 rings (SSSR count). The van der Waals surface area contributed by atoms with E-state index in [1.165, 1.54) is 0 Å². The standard InChI is InChI=1S/C25H34ClN3O5/c1-3-24-12-13-25(34-24)19(18(24)21(31)27-2)23(33)29(14-6-4-5-7-15-30)20(25)22(32)28-17-10-8-16(26)9-11-17/h8-11,18-20,30H,3-7,12-15H2,1-2H3,(H,27,31)(H,28,32)/t18-,19-,20?,24+,25?/m0/s1. The van der Waals surface area contributed by atoms with Crippen LogP contribution in [0.4, 0.5) is 5.69 Å². The van der Waals surface area contributed by atoms with Gasteiger partial charge < -0.3 is 25.4 Å². The molecule has 8 nitrogen and oxygen atoms in total. The van der Waals surface area contributed by atoms with Gasteiger partial charge in [-0.1, -0.05) is 31.4 Å². The number of halogens is 1. The van der Waals surface area contributed by atoms with E-state index in [4.69, 9.17) is 21.4 Å². The largest absolute Gasteiger partial charge is 0.396 e. The van der Waals surface area contributed by atoms with Gasteiger partial charge in [0, 0.05) is 30.9 Å². The number of likely N-dealkylation sites (tertiary alicyclic amines) is 1. The zero-order chi connectivity index (χ0) is 24.5. The molecule has 5 atom stereocenters. The maximum atomic E-state index is 13.8. The van der Waals surface area contributed by atoms with Crippen molar-refractivity contribution in [2.45, 2.75) is 69.1 Å². The number of benzene rings is 1. The Bertz CT molecular complexity index is 941. The van der Waals surface area contributed by atoms with Gasteiger partial charge in [0.2, 0.25) is 17.7 Å². The van der Waals surface area contributed by atoms with E-state index < -0.39 is 29.1 Å². The van der Waals surface area contributed by atoms with Crippen LogP contribution >= 0.6 is 11.6 Å². The monoisotopic (exact) mass is 491 g/mol. The summed E-state index contributed by atoms with van der Waals surface area (Å²) in [5.41, 5.74) is -1.16. The Morgan fingerprint density at radius 3 is 2.50 bits per heavy atom. The zero-order valence-corrected chi connectivity index (χ0v) is 20.6. The van der Waals surface area contributed by atoms with Gasteiger partial charge in [0.15, 0.2) is 0 Å². The predicted octanol–water partition coefficient (Wildman–Crippen LogP) is 2.73. The first-order valence-electron chi connectivity index (χ1n) is 12.2. The average molecular weight is 492 g/mol. The number of rotatable bonds is 10. The van der Waals surface area contributed by atoms with E-state index in [0.29, 0.717) is 49.4 Å². The van der Waals surface area contributed by atoms with Gasteiger partial charge in [0.25, 0.3) is 0 Å². The molecule has 0 radical (unpaired) electrons. The van der Waals surface area contributed by atoms with E-state index in [0.717, 1.165) is 12.8 Å². The van der Waals surface area contributed by atoms with Crippen molar-refractivity contribution in [3.8, 4) is 0 Å². The quantitative estimate of drug-likeness (QED) is 0.436. The molecule has 0 aliphatic carbocycles. The molecule has 0 aromatic heterocycles. The van der Waals surface area contributed by atoms with Gasteiger partial charge in [-0.15, -0.1) is 0 Å². The molecule has 9 heteroatoms. The molecule has 1 aromatic rings. The lowest BCUT2D eigenvalue weighted by Gasteiger charge is -2.33. The zero-order valence-electron chi connectivity index (χ0n) is 19.8. The number of hydrogen-bond acceptors (Lipinski definition) is 5. The summed E-state index contributed by atoms with van der Waals surface area (Å²) < 4.78 is 6.65. The Balaban J connectivity index is 1.66. The van der Waals surface area contributed by atoms with Gasteiger partial charge in [-0.05, 0) is 56.4 Å². The Labute approximate surface area is 205 Å². The number of carbonyl (C=O) groups is 3. The Hall–Kier alpha value is -2.16. The van der Waals surface area contributed by atoms with Gasteiger partial charge in [0.1, 0.15) is 11.6 Å². The summed E-state index contributed by atoms with van der Waals surface area (Å²) in [6.45, 7) is 2.52. The van der Waals surface area contributed by atoms with Crippen LogP contribution in [0.5, 0.6) is 0 Å². The highest BCUT2D eigenvalue weighted by atomic mass is 35.5.